The van der Waals surface area contributed by atoms with E-state index in [1.54, 1.807) is 49.4 Å². The first-order valence-corrected chi connectivity index (χ1v) is 13.1. The Morgan fingerprint density at radius 2 is 1.80 bits per heavy atom. The van der Waals surface area contributed by atoms with Crippen LogP contribution in [0.15, 0.2) is 54.6 Å². The van der Waals surface area contributed by atoms with Crippen molar-refractivity contribution in [2.75, 3.05) is 24.3 Å². The molecular formula is C30H26F3N5O6. The minimum Gasteiger partial charge on any atom is -0.464 e. The van der Waals surface area contributed by atoms with Crippen LogP contribution in [-0.2, 0) is 19.1 Å². The number of amides is 2. The highest BCUT2D eigenvalue weighted by atomic mass is 19.4. The lowest BCUT2D eigenvalue weighted by Gasteiger charge is -2.34. The Balaban J connectivity index is 1.66. The Hall–Kier alpha value is -5.45. The van der Waals surface area contributed by atoms with Crippen LogP contribution in [0, 0.1) is 18.8 Å². The fourth-order valence-corrected chi connectivity index (χ4v) is 4.57. The second kappa shape index (κ2) is 12.8. The first kappa shape index (κ1) is 31.5. The smallest absolute Gasteiger partial charge is 0.464 e. The topological polar surface area (TPSA) is 145 Å². The third-order valence-corrected chi connectivity index (χ3v) is 6.53. The molecular weight excluding hydrogens is 583 g/mol. The number of carbonyl (C=O) groups excluding carboxylic acids is 4. The molecule has 0 radical (unpaired) electrons. The third-order valence-electron chi connectivity index (χ3n) is 6.53. The summed E-state index contributed by atoms with van der Waals surface area (Å²) in [4.78, 5) is 61.7. The van der Waals surface area contributed by atoms with Gasteiger partial charge < -0.3 is 25.0 Å². The predicted molar refractivity (Wildman–Crippen MR) is 150 cm³/mol. The highest BCUT2D eigenvalue weighted by Gasteiger charge is 2.44. The fraction of sp³-hybridized carbons (Fsp3) is 0.267. The molecule has 2 amide bonds. The molecule has 1 aromatic heterocycles. The standard InChI is InChI=1S/C30H26F3N5O6/c1-17-14-23(36-29(34)35-17)43-13-7-8-19-11-12-22-21(16-19)26(40)38(18(2)15-24(39)44-28(42)30(31,32)33)25(27(41)37(22)3)20-9-5-4-6-10-20/h4-6,9-12,14,16,18,25H,13,15H2,1-3H3,(H2,34,35,36). The number of esters is 2. The number of hydrogen-bond donors (Lipinski definition) is 1. The molecule has 0 aliphatic carbocycles. The summed E-state index contributed by atoms with van der Waals surface area (Å²) in [6.45, 7) is 3.02. The van der Waals surface area contributed by atoms with Gasteiger partial charge in [0.1, 0.15) is 6.04 Å². The van der Waals surface area contributed by atoms with E-state index in [0.29, 0.717) is 16.8 Å². The molecule has 2 heterocycles. The van der Waals surface area contributed by atoms with E-state index in [0.717, 1.165) is 4.90 Å². The molecule has 11 nitrogen and oxygen atoms in total. The predicted octanol–water partition coefficient (Wildman–Crippen LogP) is 3.37. The number of halogens is 3. The number of aryl methyl sites for hydroxylation is 1. The first-order valence-electron chi connectivity index (χ1n) is 13.1. The highest BCUT2D eigenvalue weighted by Crippen LogP contribution is 2.36. The van der Waals surface area contributed by atoms with Crippen LogP contribution in [0.4, 0.5) is 24.8 Å². The summed E-state index contributed by atoms with van der Waals surface area (Å²) < 4.78 is 47.4. The van der Waals surface area contributed by atoms with Crippen LogP contribution in [0.25, 0.3) is 0 Å². The Bertz CT molecular complexity index is 1650. The van der Waals surface area contributed by atoms with E-state index in [4.69, 9.17) is 10.5 Å². The third kappa shape index (κ3) is 7.12. The van der Waals surface area contributed by atoms with Crippen LogP contribution in [-0.4, -0.2) is 64.5 Å². The van der Waals surface area contributed by atoms with Gasteiger partial charge in [-0.05, 0) is 37.6 Å². The van der Waals surface area contributed by atoms with Gasteiger partial charge in [-0.25, -0.2) is 9.78 Å². The summed E-state index contributed by atoms with van der Waals surface area (Å²) in [6, 6.07) is 12.0. The number of ether oxygens (including phenoxy) is 2. The lowest BCUT2D eigenvalue weighted by atomic mass is 10.0. The lowest BCUT2D eigenvalue weighted by molar-refractivity contribution is -0.202. The number of benzene rings is 2. The summed E-state index contributed by atoms with van der Waals surface area (Å²) in [5.74, 6) is 0.536. The van der Waals surface area contributed by atoms with E-state index in [2.05, 4.69) is 26.5 Å². The molecule has 2 unspecified atom stereocenters. The van der Waals surface area contributed by atoms with Gasteiger partial charge in [0.15, 0.2) is 6.61 Å². The quantitative estimate of drug-likeness (QED) is 0.253. The van der Waals surface area contributed by atoms with Crippen molar-refractivity contribution in [3.05, 3.63) is 77.0 Å². The normalized spacial score (nSPS) is 15.5. The Morgan fingerprint density at radius 1 is 1.09 bits per heavy atom. The summed E-state index contributed by atoms with van der Waals surface area (Å²) >= 11 is 0. The van der Waals surface area contributed by atoms with Gasteiger partial charge in [-0.15, -0.1) is 0 Å². The van der Waals surface area contributed by atoms with E-state index in [1.807, 2.05) is 0 Å². The van der Waals surface area contributed by atoms with Crippen molar-refractivity contribution in [2.24, 2.45) is 0 Å². The maximum Gasteiger partial charge on any atom is 0.491 e. The second-order valence-electron chi connectivity index (χ2n) is 9.76. The molecule has 4 rings (SSSR count). The van der Waals surface area contributed by atoms with Crippen LogP contribution in [0.5, 0.6) is 5.88 Å². The van der Waals surface area contributed by atoms with Crippen molar-refractivity contribution in [1.82, 2.24) is 14.9 Å². The van der Waals surface area contributed by atoms with Gasteiger partial charge in [0.05, 0.1) is 17.7 Å². The second-order valence-corrected chi connectivity index (χ2v) is 9.76. The Labute approximate surface area is 249 Å². The number of rotatable bonds is 6. The SMILES string of the molecule is Cc1cc(OCC#Cc2ccc3c(c2)C(=O)N(C(C)CC(=O)OC(=O)C(F)(F)F)C(c2ccccc2)C(=O)N3C)nc(N)n1. The molecule has 0 spiro atoms. The monoisotopic (exact) mass is 609 g/mol. The summed E-state index contributed by atoms with van der Waals surface area (Å²) in [7, 11) is 1.48. The maximum atomic E-state index is 14.1. The van der Waals surface area contributed by atoms with Crippen LogP contribution in [0.2, 0.25) is 0 Å². The highest BCUT2D eigenvalue weighted by molar-refractivity contribution is 6.11. The van der Waals surface area contributed by atoms with Gasteiger partial charge in [0.2, 0.25) is 11.8 Å². The van der Waals surface area contributed by atoms with E-state index in [1.165, 1.54) is 31.0 Å². The number of nitrogens with two attached hydrogens (primary N) is 1. The fourth-order valence-electron chi connectivity index (χ4n) is 4.57. The molecule has 0 bridgehead atoms. The van der Waals surface area contributed by atoms with Crippen molar-refractivity contribution >= 4 is 35.4 Å². The number of hydrogen-bond acceptors (Lipinski definition) is 9. The van der Waals surface area contributed by atoms with Crippen LogP contribution < -0.4 is 15.4 Å². The zero-order valence-electron chi connectivity index (χ0n) is 23.7. The van der Waals surface area contributed by atoms with Gasteiger partial charge in [-0.1, -0.05) is 42.2 Å². The largest absolute Gasteiger partial charge is 0.491 e. The molecule has 1 aliphatic rings. The molecule has 44 heavy (non-hydrogen) atoms. The lowest BCUT2D eigenvalue weighted by Crippen LogP contribution is -2.46. The van der Waals surface area contributed by atoms with Crippen LogP contribution in [0.1, 0.15) is 46.6 Å². The van der Waals surface area contributed by atoms with Crippen LogP contribution >= 0.6 is 0 Å². The number of nitrogens with zero attached hydrogens (tertiary/aromatic N) is 4. The van der Waals surface area contributed by atoms with E-state index in [-0.39, 0.29) is 29.7 Å². The molecule has 0 saturated carbocycles. The number of likely N-dealkylation sites (N-methyl/N-ethyl adjacent to an activating group) is 1. The van der Waals surface area contributed by atoms with Crippen molar-refractivity contribution in [2.45, 2.75) is 38.5 Å². The zero-order chi connectivity index (χ0) is 32.2. The Kier molecular flexibility index (Phi) is 9.17. The van der Waals surface area contributed by atoms with E-state index >= 15 is 0 Å². The molecule has 0 fully saturated rings. The molecule has 2 N–H and O–H groups in total. The van der Waals surface area contributed by atoms with Gasteiger partial charge in [-0.3, -0.25) is 14.4 Å². The average Bonchev–Trinajstić information content (AvgIpc) is 3.03. The minimum atomic E-state index is -5.38. The van der Waals surface area contributed by atoms with E-state index < -0.39 is 48.4 Å². The zero-order valence-corrected chi connectivity index (χ0v) is 23.7. The minimum absolute atomic E-state index is 0.0451. The van der Waals surface area contributed by atoms with Crippen molar-refractivity contribution < 1.29 is 41.8 Å². The first-order chi connectivity index (χ1) is 20.8. The molecule has 3 aromatic rings. The van der Waals surface area contributed by atoms with Gasteiger partial charge >= 0.3 is 18.1 Å². The number of carbonyl (C=O) groups is 4. The molecule has 14 heteroatoms. The number of anilines is 2. The van der Waals surface area contributed by atoms with Crippen molar-refractivity contribution in [3.63, 3.8) is 0 Å². The van der Waals surface area contributed by atoms with Crippen LogP contribution in [0.3, 0.4) is 0 Å². The average molecular weight is 610 g/mol. The molecule has 1 aliphatic heterocycles. The molecule has 2 aromatic carbocycles. The van der Waals surface area contributed by atoms with Crippen molar-refractivity contribution in [3.8, 4) is 17.7 Å². The molecule has 0 saturated heterocycles. The Morgan fingerprint density at radius 3 is 2.45 bits per heavy atom. The maximum absolute atomic E-state index is 14.1. The van der Waals surface area contributed by atoms with E-state index in [9.17, 15) is 32.3 Å². The summed E-state index contributed by atoms with van der Waals surface area (Å²) in [5.41, 5.74) is 7.32. The van der Waals surface area contributed by atoms with Gasteiger partial charge in [0.25, 0.3) is 11.8 Å². The summed E-state index contributed by atoms with van der Waals surface area (Å²) in [6.07, 6.45) is -6.18. The van der Waals surface area contributed by atoms with Gasteiger partial charge in [-0.2, -0.15) is 18.2 Å². The molecule has 228 valence electrons. The number of aromatic nitrogens is 2. The number of nitrogen functional groups attached to an aromatic ring is 1. The van der Waals surface area contributed by atoms with Gasteiger partial charge in [0, 0.05) is 30.4 Å². The number of alkyl halides is 3. The summed E-state index contributed by atoms with van der Waals surface area (Å²) in [5, 5.41) is 0. The number of fused-ring (bicyclic) bond motifs is 1. The van der Waals surface area contributed by atoms with Crippen molar-refractivity contribution in [1.29, 1.82) is 0 Å². The molecule has 2 atom stereocenters.